The fourth-order valence-electron chi connectivity index (χ4n) is 5.37. The summed E-state index contributed by atoms with van der Waals surface area (Å²) in [4.78, 5) is 25.9. The van der Waals surface area contributed by atoms with Gasteiger partial charge in [0.25, 0.3) is 0 Å². The van der Waals surface area contributed by atoms with Gasteiger partial charge in [-0.1, -0.05) is 37.6 Å². The van der Waals surface area contributed by atoms with Crippen LogP contribution in [0.3, 0.4) is 0 Å². The first-order valence-corrected chi connectivity index (χ1v) is 12.1. The van der Waals surface area contributed by atoms with E-state index in [1.54, 1.807) is 13.0 Å². The number of hydrogen-bond donors (Lipinski definition) is 3. The first-order chi connectivity index (χ1) is 16.3. The number of phenols is 2. The molecule has 0 spiro atoms. The molecule has 1 aliphatic carbocycles. The third-order valence-electron chi connectivity index (χ3n) is 7.65. The number of hydrogen-bond acceptors (Lipinski definition) is 6. The number of aromatic hydroxyl groups is 2. The van der Waals surface area contributed by atoms with E-state index in [-0.39, 0.29) is 35.4 Å². The van der Waals surface area contributed by atoms with Crippen molar-refractivity contribution in [1.82, 2.24) is 0 Å². The highest BCUT2D eigenvalue weighted by molar-refractivity contribution is 5.90. The maximum atomic E-state index is 13.2. The van der Waals surface area contributed by atoms with Crippen LogP contribution < -0.4 is 11.4 Å². The molecule has 1 aromatic heterocycles. The van der Waals surface area contributed by atoms with Gasteiger partial charge in [-0.25, -0.2) is 4.79 Å². The second-order valence-corrected chi connectivity index (χ2v) is 9.65. The number of benzene rings is 2. The Hall–Kier alpha value is -3.12. The van der Waals surface area contributed by atoms with Crippen LogP contribution in [0.15, 0.2) is 45.6 Å². The SMILES string of the molecule is Cc1c(CC(=O)C(C)C2CCCC(c3cccc(CN)c3)CC2)c(=O)oc2c(O)c(O)ccc12. The van der Waals surface area contributed by atoms with Gasteiger partial charge in [0.2, 0.25) is 5.75 Å². The maximum Gasteiger partial charge on any atom is 0.340 e. The van der Waals surface area contributed by atoms with Gasteiger partial charge >= 0.3 is 5.63 Å². The third kappa shape index (κ3) is 4.73. The molecule has 1 heterocycles. The average Bonchev–Trinajstić information content (AvgIpc) is 3.10. The third-order valence-corrected chi connectivity index (χ3v) is 7.65. The predicted octanol–water partition coefficient (Wildman–Crippen LogP) is 5.08. The molecule has 0 radical (unpaired) electrons. The molecule has 4 N–H and O–H groups in total. The van der Waals surface area contributed by atoms with E-state index >= 15 is 0 Å². The molecule has 1 saturated carbocycles. The molecule has 1 aliphatic rings. The maximum absolute atomic E-state index is 13.2. The molecule has 3 aromatic rings. The lowest BCUT2D eigenvalue weighted by Gasteiger charge is -2.22. The van der Waals surface area contributed by atoms with E-state index in [0.29, 0.717) is 29.0 Å². The van der Waals surface area contributed by atoms with Crippen molar-refractivity contribution in [2.45, 2.75) is 64.8 Å². The van der Waals surface area contributed by atoms with Gasteiger partial charge in [0, 0.05) is 29.8 Å². The molecule has 0 amide bonds. The number of aryl methyl sites for hydroxylation is 1. The number of phenolic OH excluding ortho intramolecular Hbond substituents is 2. The van der Waals surface area contributed by atoms with Crippen molar-refractivity contribution in [2.24, 2.45) is 17.6 Å². The summed E-state index contributed by atoms with van der Waals surface area (Å²) in [7, 11) is 0. The van der Waals surface area contributed by atoms with Crippen molar-refractivity contribution in [3.8, 4) is 11.5 Å². The molecule has 6 nitrogen and oxygen atoms in total. The molecule has 34 heavy (non-hydrogen) atoms. The minimum Gasteiger partial charge on any atom is -0.504 e. The van der Waals surface area contributed by atoms with E-state index in [2.05, 4.69) is 24.3 Å². The summed E-state index contributed by atoms with van der Waals surface area (Å²) in [5, 5.41) is 20.3. The van der Waals surface area contributed by atoms with Crippen molar-refractivity contribution < 1.29 is 19.4 Å². The van der Waals surface area contributed by atoms with Crippen molar-refractivity contribution >= 4 is 16.8 Å². The van der Waals surface area contributed by atoms with Crippen molar-refractivity contribution in [2.75, 3.05) is 0 Å². The molecule has 6 heteroatoms. The van der Waals surface area contributed by atoms with Gasteiger partial charge in [-0.2, -0.15) is 0 Å². The molecular formula is C28H33NO5. The Bertz CT molecular complexity index is 1260. The molecule has 180 valence electrons. The fraction of sp³-hybridized carbons (Fsp3) is 0.429. The summed E-state index contributed by atoms with van der Waals surface area (Å²) in [5.41, 5.74) is 8.51. The number of ketones is 1. The predicted molar refractivity (Wildman–Crippen MR) is 132 cm³/mol. The van der Waals surface area contributed by atoms with Crippen LogP contribution in [0.25, 0.3) is 11.0 Å². The van der Waals surface area contributed by atoms with E-state index in [1.807, 2.05) is 6.92 Å². The van der Waals surface area contributed by atoms with Crippen LogP contribution in [-0.4, -0.2) is 16.0 Å². The quantitative estimate of drug-likeness (QED) is 0.267. The molecule has 0 saturated heterocycles. The smallest absolute Gasteiger partial charge is 0.340 e. The van der Waals surface area contributed by atoms with Crippen LogP contribution in [0.4, 0.5) is 0 Å². The Morgan fingerprint density at radius 1 is 1.15 bits per heavy atom. The van der Waals surface area contributed by atoms with E-state index in [4.69, 9.17) is 10.2 Å². The molecule has 0 aliphatic heterocycles. The van der Waals surface area contributed by atoms with E-state index in [0.717, 1.165) is 37.7 Å². The van der Waals surface area contributed by atoms with Gasteiger partial charge in [-0.05, 0) is 73.3 Å². The number of fused-ring (bicyclic) bond motifs is 1. The normalized spacial score (nSPS) is 19.6. The summed E-state index contributed by atoms with van der Waals surface area (Å²) in [6.07, 6.45) is 5.19. The van der Waals surface area contributed by atoms with Crippen LogP contribution in [0.2, 0.25) is 0 Å². The topological polar surface area (TPSA) is 114 Å². The summed E-state index contributed by atoms with van der Waals surface area (Å²) in [5.74, 6) is -0.173. The second kappa shape index (κ2) is 10.0. The summed E-state index contributed by atoms with van der Waals surface area (Å²) >= 11 is 0. The zero-order valence-electron chi connectivity index (χ0n) is 19.8. The minimum absolute atomic E-state index is 0.00534. The van der Waals surface area contributed by atoms with Crippen LogP contribution >= 0.6 is 0 Å². The largest absolute Gasteiger partial charge is 0.504 e. The molecule has 1 fully saturated rings. The Morgan fingerprint density at radius 3 is 2.71 bits per heavy atom. The Labute approximate surface area is 199 Å². The monoisotopic (exact) mass is 463 g/mol. The summed E-state index contributed by atoms with van der Waals surface area (Å²) in [6, 6.07) is 11.5. The highest BCUT2D eigenvalue weighted by Crippen LogP contribution is 2.38. The molecule has 0 bridgehead atoms. The van der Waals surface area contributed by atoms with E-state index in [9.17, 15) is 19.8 Å². The molecule has 4 rings (SSSR count). The van der Waals surface area contributed by atoms with Gasteiger partial charge in [-0.3, -0.25) is 4.79 Å². The number of rotatable bonds is 6. The number of carbonyl (C=O) groups excluding carboxylic acids is 1. The van der Waals surface area contributed by atoms with E-state index < -0.39 is 11.4 Å². The summed E-state index contributed by atoms with van der Waals surface area (Å²) < 4.78 is 5.29. The number of Topliss-reactive ketones (excluding diaryl/α,β-unsaturated/α-hetero) is 1. The van der Waals surface area contributed by atoms with Gasteiger partial charge in [0.1, 0.15) is 5.78 Å². The Kier molecular flexibility index (Phi) is 7.08. The van der Waals surface area contributed by atoms with Crippen LogP contribution in [0, 0.1) is 18.8 Å². The van der Waals surface area contributed by atoms with Gasteiger partial charge in [0.05, 0.1) is 0 Å². The first kappa shape index (κ1) is 24.0. The fourth-order valence-corrected chi connectivity index (χ4v) is 5.37. The lowest BCUT2D eigenvalue weighted by molar-refractivity contribution is -0.123. The molecule has 3 unspecified atom stereocenters. The zero-order chi connectivity index (χ0) is 24.4. The van der Waals surface area contributed by atoms with Crippen molar-refractivity contribution in [1.29, 1.82) is 0 Å². The summed E-state index contributed by atoms with van der Waals surface area (Å²) in [6.45, 7) is 4.26. The minimum atomic E-state index is -0.646. The molecule has 2 aromatic carbocycles. The standard InChI is InChI=1S/C28H33NO5/c1-16(19-6-4-7-20(10-9-19)21-8-3-5-18(13-21)15-29)25(31)14-23-17(2)22-11-12-24(30)26(32)27(22)34-28(23)33/h3,5,8,11-13,16,19-20,30,32H,4,6-7,9-10,14-15,29H2,1-2H3. The highest BCUT2D eigenvalue weighted by Gasteiger charge is 2.29. The lowest BCUT2D eigenvalue weighted by Crippen LogP contribution is -2.25. The first-order valence-electron chi connectivity index (χ1n) is 12.1. The van der Waals surface area contributed by atoms with Crippen LogP contribution in [0.1, 0.15) is 67.2 Å². The molecular weight excluding hydrogens is 430 g/mol. The van der Waals surface area contributed by atoms with E-state index in [1.165, 1.54) is 11.6 Å². The molecule has 3 atom stereocenters. The Morgan fingerprint density at radius 2 is 1.94 bits per heavy atom. The highest BCUT2D eigenvalue weighted by atomic mass is 16.4. The van der Waals surface area contributed by atoms with Crippen LogP contribution in [0.5, 0.6) is 11.5 Å². The van der Waals surface area contributed by atoms with Gasteiger partial charge in [-0.15, -0.1) is 0 Å². The van der Waals surface area contributed by atoms with Crippen molar-refractivity contribution in [3.05, 3.63) is 69.1 Å². The van der Waals surface area contributed by atoms with Crippen LogP contribution in [-0.2, 0) is 17.8 Å². The Balaban J connectivity index is 1.48. The lowest BCUT2D eigenvalue weighted by atomic mass is 9.82. The van der Waals surface area contributed by atoms with Gasteiger partial charge < -0.3 is 20.4 Å². The zero-order valence-corrected chi connectivity index (χ0v) is 19.8. The number of nitrogens with two attached hydrogens (primary N) is 1. The second-order valence-electron chi connectivity index (χ2n) is 9.65. The average molecular weight is 464 g/mol. The van der Waals surface area contributed by atoms with Gasteiger partial charge in [0.15, 0.2) is 11.3 Å². The van der Waals surface area contributed by atoms with Crippen molar-refractivity contribution in [3.63, 3.8) is 0 Å². The number of carbonyl (C=O) groups is 1.